The van der Waals surface area contributed by atoms with Crippen LogP contribution >= 0.6 is 11.6 Å². The molecule has 0 unspecified atom stereocenters. The fourth-order valence-electron chi connectivity index (χ4n) is 6.11. The van der Waals surface area contributed by atoms with Crippen LogP contribution in [0.2, 0.25) is 5.02 Å². The molecule has 1 aliphatic carbocycles. The lowest BCUT2D eigenvalue weighted by molar-refractivity contribution is -0.118. The molecule has 2 aliphatic rings. The summed E-state index contributed by atoms with van der Waals surface area (Å²) < 4.78 is 62.8. The average molecular weight is 675 g/mol. The van der Waals surface area contributed by atoms with Gasteiger partial charge < -0.3 is 20.7 Å². The lowest BCUT2D eigenvalue weighted by Crippen LogP contribution is -2.59. The van der Waals surface area contributed by atoms with Gasteiger partial charge in [-0.05, 0) is 80.1 Å². The van der Waals surface area contributed by atoms with Crippen molar-refractivity contribution in [2.75, 3.05) is 25.5 Å². The lowest BCUT2D eigenvalue weighted by atomic mass is 9.84. The molecule has 5 rings (SSSR count). The minimum atomic E-state index is -3.48. The van der Waals surface area contributed by atoms with Gasteiger partial charge >= 0.3 is 6.09 Å². The zero-order valence-corrected chi connectivity index (χ0v) is 27.1. The fraction of sp³-hybridized carbons (Fsp3) is 0.394. The Balaban J connectivity index is 1.45. The summed E-state index contributed by atoms with van der Waals surface area (Å²) in [6.45, 7) is 2.81. The Bertz CT molecular complexity index is 1670. The van der Waals surface area contributed by atoms with Gasteiger partial charge in [0.25, 0.3) is 0 Å². The maximum atomic E-state index is 15.4. The van der Waals surface area contributed by atoms with Crippen molar-refractivity contribution in [1.82, 2.24) is 14.9 Å². The molecule has 0 bridgehead atoms. The minimum absolute atomic E-state index is 0.137. The van der Waals surface area contributed by atoms with Gasteiger partial charge in [0.2, 0.25) is 15.9 Å². The number of piperazine rings is 1. The molecule has 0 spiro atoms. The summed E-state index contributed by atoms with van der Waals surface area (Å²) in [6, 6.07) is 14.6. The third-order valence-corrected chi connectivity index (χ3v) is 11.3. The minimum Gasteiger partial charge on any atom is -0.453 e. The maximum absolute atomic E-state index is 15.4. The molecule has 3 aromatic rings. The van der Waals surface area contributed by atoms with Crippen molar-refractivity contribution in [1.29, 1.82) is 0 Å². The van der Waals surface area contributed by atoms with E-state index in [4.69, 9.17) is 16.3 Å². The normalized spacial score (nSPS) is 20.0. The molecule has 4 atom stereocenters. The highest BCUT2D eigenvalue weighted by Gasteiger charge is 2.45. The van der Waals surface area contributed by atoms with Crippen LogP contribution in [0.1, 0.15) is 48.8 Å². The maximum Gasteiger partial charge on any atom is 0.407 e. The standard InChI is InChI=1S/C33H37ClF2N4O5S/c1-20-18-37-19-25(40(20)46(43,44)26-14-15-26)13-16-27-28(36)7-4-8-29(27)38-32(41)31(39-33(42)45-2)30(21-9-11-23(34)12-10-21)22-5-3-6-24(35)17-22/h3-12,17,20,25-26,30-31,37H,13-16,18-19H2,1-2H3,(H,38,41)(H,39,42)/t20-,25-,30-,31-/m0/s1. The predicted molar refractivity (Wildman–Crippen MR) is 172 cm³/mol. The first-order valence-corrected chi connectivity index (χ1v) is 17.0. The first kappa shape index (κ1) is 33.8. The second-order valence-electron chi connectivity index (χ2n) is 11.7. The second kappa shape index (κ2) is 14.5. The van der Waals surface area contributed by atoms with Crippen molar-refractivity contribution in [2.24, 2.45) is 0 Å². The van der Waals surface area contributed by atoms with Crippen LogP contribution in [0.15, 0.2) is 66.7 Å². The van der Waals surface area contributed by atoms with Crippen molar-refractivity contribution >= 4 is 39.3 Å². The van der Waals surface area contributed by atoms with E-state index in [9.17, 15) is 22.4 Å². The van der Waals surface area contributed by atoms with Crippen LogP contribution in [0, 0.1) is 11.6 Å². The number of nitrogens with one attached hydrogen (secondary N) is 3. The summed E-state index contributed by atoms with van der Waals surface area (Å²) in [5, 5.41) is 8.70. The number of rotatable bonds is 11. The van der Waals surface area contributed by atoms with Crippen LogP contribution in [0.3, 0.4) is 0 Å². The van der Waals surface area contributed by atoms with Gasteiger partial charge in [-0.3, -0.25) is 4.79 Å². The zero-order valence-electron chi connectivity index (χ0n) is 25.5. The number of hydrogen-bond acceptors (Lipinski definition) is 6. The Morgan fingerprint density at radius 2 is 1.76 bits per heavy atom. The predicted octanol–water partition coefficient (Wildman–Crippen LogP) is 5.20. The third kappa shape index (κ3) is 7.68. The van der Waals surface area contributed by atoms with Crippen molar-refractivity contribution in [3.8, 4) is 0 Å². The summed E-state index contributed by atoms with van der Waals surface area (Å²) >= 11 is 6.12. The number of sulfonamides is 1. The van der Waals surface area contributed by atoms with E-state index in [1.807, 2.05) is 6.92 Å². The van der Waals surface area contributed by atoms with E-state index in [-0.39, 0.29) is 29.0 Å². The van der Waals surface area contributed by atoms with E-state index < -0.39 is 51.7 Å². The van der Waals surface area contributed by atoms with Gasteiger partial charge in [-0.2, -0.15) is 4.31 Å². The molecule has 3 N–H and O–H groups in total. The van der Waals surface area contributed by atoms with Crippen LogP contribution in [0.25, 0.3) is 0 Å². The van der Waals surface area contributed by atoms with E-state index in [0.29, 0.717) is 48.5 Å². The van der Waals surface area contributed by atoms with Crippen LogP contribution in [-0.4, -0.2) is 68.3 Å². The molecule has 13 heteroatoms. The molecule has 2 fully saturated rings. The number of amides is 2. The van der Waals surface area contributed by atoms with Gasteiger partial charge in [0, 0.05) is 47.4 Å². The molecule has 3 aromatic carbocycles. The van der Waals surface area contributed by atoms with Gasteiger partial charge in [-0.15, -0.1) is 0 Å². The van der Waals surface area contributed by atoms with Crippen LogP contribution in [-0.2, 0) is 26.0 Å². The molecule has 1 heterocycles. The SMILES string of the molecule is COC(=O)N[C@H](C(=O)Nc1cccc(F)c1CC[C@H]1CNC[C@H](C)N1S(=O)(=O)C1CC1)[C@@H](c1ccc(Cl)cc1)c1cccc(F)c1. The Kier molecular flexibility index (Phi) is 10.6. The highest BCUT2D eigenvalue weighted by Crippen LogP contribution is 2.35. The van der Waals surface area contributed by atoms with E-state index in [2.05, 4.69) is 16.0 Å². The number of alkyl carbamates (subject to hydrolysis) is 1. The number of hydrogen-bond donors (Lipinski definition) is 3. The highest BCUT2D eigenvalue weighted by molar-refractivity contribution is 7.90. The van der Waals surface area contributed by atoms with Crippen molar-refractivity contribution < 1.29 is 31.5 Å². The van der Waals surface area contributed by atoms with E-state index in [0.717, 1.165) is 7.11 Å². The topological polar surface area (TPSA) is 117 Å². The molecule has 2 amide bonds. The summed E-state index contributed by atoms with van der Waals surface area (Å²) in [5.41, 5.74) is 1.32. The number of benzene rings is 3. The number of anilines is 1. The van der Waals surface area contributed by atoms with Crippen LogP contribution < -0.4 is 16.0 Å². The number of carbonyl (C=O) groups is 2. The van der Waals surface area contributed by atoms with E-state index in [1.165, 1.54) is 30.3 Å². The van der Waals surface area contributed by atoms with Gasteiger partial charge in [0.1, 0.15) is 17.7 Å². The summed E-state index contributed by atoms with van der Waals surface area (Å²) in [5.74, 6) is -2.69. The zero-order chi connectivity index (χ0) is 33.0. The van der Waals surface area contributed by atoms with Crippen molar-refractivity contribution in [3.63, 3.8) is 0 Å². The lowest BCUT2D eigenvalue weighted by Gasteiger charge is -2.40. The van der Waals surface area contributed by atoms with Gasteiger partial charge in [0.05, 0.1) is 12.4 Å². The van der Waals surface area contributed by atoms with Crippen LogP contribution in [0.4, 0.5) is 19.3 Å². The molecule has 1 saturated carbocycles. The number of halogens is 3. The Morgan fingerprint density at radius 3 is 2.43 bits per heavy atom. The first-order chi connectivity index (χ1) is 22.0. The number of ether oxygens (including phenoxy) is 1. The molecule has 0 aromatic heterocycles. The molecular weight excluding hydrogens is 638 g/mol. The first-order valence-electron chi connectivity index (χ1n) is 15.2. The quantitative estimate of drug-likeness (QED) is 0.258. The van der Waals surface area contributed by atoms with Gasteiger partial charge in [-0.25, -0.2) is 22.0 Å². The Morgan fingerprint density at radius 1 is 1.04 bits per heavy atom. The molecule has 0 radical (unpaired) electrons. The van der Waals surface area contributed by atoms with E-state index in [1.54, 1.807) is 40.7 Å². The Labute approximate surface area is 272 Å². The summed E-state index contributed by atoms with van der Waals surface area (Å²) in [7, 11) is -2.33. The number of carbonyl (C=O) groups excluding carboxylic acids is 2. The highest BCUT2D eigenvalue weighted by atomic mass is 35.5. The third-order valence-electron chi connectivity index (χ3n) is 8.47. The van der Waals surface area contributed by atoms with Gasteiger partial charge in [-0.1, -0.05) is 41.9 Å². The molecule has 1 aliphatic heterocycles. The van der Waals surface area contributed by atoms with Crippen LogP contribution in [0.5, 0.6) is 0 Å². The van der Waals surface area contributed by atoms with E-state index >= 15 is 4.39 Å². The average Bonchev–Trinajstić information content (AvgIpc) is 3.88. The smallest absolute Gasteiger partial charge is 0.407 e. The Hall–Kier alpha value is -3.58. The summed E-state index contributed by atoms with van der Waals surface area (Å²) in [4.78, 5) is 26.6. The van der Waals surface area contributed by atoms with Crippen molar-refractivity contribution in [3.05, 3.63) is 100 Å². The largest absolute Gasteiger partial charge is 0.453 e. The molecule has 46 heavy (non-hydrogen) atoms. The number of nitrogens with zero attached hydrogens (tertiary/aromatic N) is 1. The molecule has 1 saturated heterocycles. The van der Waals surface area contributed by atoms with Crippen molar-refractivity contribution in [2.45, 2.75) is 61.9 Å². The van der Waals surface area contributed by atoms with Gasteiger partial charge in [0.15, 0.2) is 0 Å². The molecular formula is C33H37ClF2N4O5S. The summed E-state index contributed by atoms with van der Waals surface area (Å²) in [6.07, 6.45) is 0.835. The fourth-order valence-corrected chi connectivity index (χ4v) is 8.48. The second-order valence-corrected chi connectivity index (χ2v) is 14.3. The monoisotopic (exact) mass is 674 g/mol. The molecule has 9 nitrogen and oxygen atoms in total. The molecule has 246 valence electrons. The number of methoxy groups -OCH3 is 1.